The molecule has 40 nitrogen and oxygen atoms in total. The van der Waals surface area contributed by atoms with Crippen molar-refractivity contribution in [3.63, 3.8) is 0 Å². The summed E-state index contributed by atoms with van der Waals surface area (Å²) in [7, 11) is 0. The number of aliphatic hydroxyl groups is 18. The molecular formula is C53H87BrN4O36. The Morgan fingerprint density at radius 3 is 1.06 bits per heavy atom. The number of alkyl halides is 1. The molecule has 0 spiro atoms. The van der Waals surface area contributed by atoms with E-state index < -0.39 is 290 Å². The van der Waals surface area contributed by atoms with Gasteiger partial charge in [0, 0.05) is 34.1 Å². The van der Waals surface area contributed by atoms with E-state index in [1.165, 1.54) is 0 Å². The fraction of sp³-hybridized carbons (Fsp3) is 0.906. The van der Waals surface area contributed by atoms with Gasteiger partial charge in [0.25, 0.3) is 0 Å². The summed E-state index contributed by atoms with van der Waals surface area (Å²) in [6.45, 7) is -3.05. The second kappa shape index (κ2) is 34.7. The predicted octanol–water partition coefficient (Wildman–Crippen LogP) is -14.3. The van der Waals surface area contributed by atoms with Gasteiger partial charge in [-0.25, -0.2) is 0 Å². The third-order valence-corrected chi connectivity index (χ3v) is 17.5. The molecule has 0 aromatic rings. The molecule has 0 aromatic carbocycles. The van der Waals surface area contributed by atoms with Crippen molar-refractivity contribution in [2.24, 2.45) is 0 Å². The molecule has 0 bridgehead atoms. The lowest BCUT2D eigenvalue weighted by Gasteiger charge is -2.51. The summed E-state index contributed by atoms with van der Waals surface area (Å²) in [5, 5.41) is 209. The predicted molar refractivity (Wildman–Crippen MR) is 299 cm³/mol. The van der Waals surface area contributed by atoms with E-state index in [-0.39, 0.29) is 11.8 Å². The van der Waals surface area contributed by atoms with Gasteiger partial charge in [-0.15, -0.1) is 0 Å². The largest absolute Gasteiger partial charge is 0.394 e. The summed E-state index contributed by atoms with van der Waals surface area (Å²) in [5.41, 5.74) is 0. The minimum atomic E-state index is -2.45. The van der Waals surface area contributed by atoms with Crippen LogP contribution in [0.4, 0.5) is 0 Å². The van der Waals surface area contributed by atoms with Gasteiger partial charge in [-0.2, -0.15) is 0 Å². The van der Waals surface area contributed by atoms with Crippen LogP contribution in [0.3, 0.4) is 0 Å². The molecule has 94 heavy (non-hydrogen) atoms. The number of rotatable bonds is 26. The molecule has 7 saturated heterocycles. The quantitative estimate of drug-likeness (QED) is 0.0358. The number of hydrogen-bond donors (Lipinski definition) is 22. The number of halogens is 1. The van der Waals surface area contributed by atoms with Gasteiger partial charge in [0.1, 0.15) is 170 Å². The molecule has 542 valence electrons. The molecular weight excluding hydrogens is 1350 g/mol. The Labute approximate surface area is 542 Å². The van der Waals surface area contributed by atoms with Crippen molar-refractivity contribution in [1.82, 2.24) is 21.3 Å². The number of carbonyl (C=O) groups excluding carboxylic acids is 5. The summed E-state index contributed by atoms with van der Waals surface area (Å²) in [4.78, 5) is 62.6. The monoisotopic (exact) mass is 1430 g/mol. The highest BCUT2D eigenvalue weighted by Crippen LogP contribution is 2.38. The van der Waals surface area contributed by atoms with Crippen LogP contribution in [0, 0.1) is 0 Å². The average Bonchev–Trinajstić information content (AvgIpc) is 0.778. The van der Waals surface area contributed by atoms with Crippen LogP contribution in [0.15, 0.2) is 0 Å². The number of amides is 4. The van der Waals surface area contributed by atoms with Gasteiger partial charge in [-0.1, -0.05) is 15.9 Å². The second-order valence-corrected chi connectivity index (χ2v) is 24.1. The molecule has 0 aromatic heterocycles. The lowest BCUT2D eigenvalue weighted by atomic mass is 9.89. The van der Waals surface area contributed by atoms with E-state index in [1.807, 2.05) is 0 Å². The molecule has 35 atom stereocenters. The summed E-state index contributed by atoms with van der Waals surface area (Å²) in [6.07, 6.45) is -61.5. The van der Waals surface area contributed by atoms with E-state index in [4.69, 9.17) is 61.6 Å². The first-order valence-corrected chi connectivity index (χ1v) is 31.0. The summed E-state index contributed by atoms with van der Waals surface area (Å²) in [6, 6.07) is -6.65. The molecule has 0 aliphatic carbocycles. The van der Waals surface area contributed by atoms with Gasteiger partial charge in [-0.05, 0) is 0 Å². The minimum Gasteiger partial charge on any atom is -0.394 e. The Bertz CT molecular complexity index is 2460. The Kier molecular flexibility index (Phi) is 28.9. The van der Waals surface area contributed by atoms with Crippen LogP contribution in [-0.4, -0.2) is 387 Å². The highest BCUT2D eigenvalue weighted by Gasteiger charge is 2.59. The third-order valence-electron chi connectivity index (χ3n) is 16.8. The van der Waals surface area contributed by atoms with Gasteiger partial charge < -0.3 is 175 Å². The number of aliphatic hydroxyl groups excluding tert-OH is 18. The van der Waals surface area contributed by atoms with Crippen molar-refractivity contribution in [2.75, 3.05) is 51.6 Å². The molecule has 4 amide bonds. The Balaban J connectivity index is 1.25. The standard InChI is InChI=1S/C53H87BrN4O36/c1-14(65)55-27-19(5-18(69)6-54)83-24(11-63)43(38(27)77)90-50-30(58-17(4)68)39(78)44(25(12-64)88-50)91-51-42(81)45(92-53-47(41(80)34(73)23(10-62)87-53)94-49-29(57-16(3)67)37(76)32(71)21(8-60)85-49)35(74)26(89-51)13-82-52-46(40(79)33(72)22(9-61)86-52)93-48-28(56-15(2)66)36(75)31(70)20(7-59)84-48/h19-53,59-64,70-81H,5-13H2,1-4H3,(H,55,65)(H,56,66)(H,57,67)(H,58,68)/t19-,20-,21?,22?,23?,24?,25?,26?,27?,28?,29?,30?,31+,32+,33+,34+,35+,36?,37+,38+,39+,40-,41?,42?,43+,44+,45-,46?,47?,48-,49-,50-,51-,52-,53+/m0/s1. The van der Waals surface area contributed by atoms with E-state index in [9.17, 15) is 116 Å². The zero-order valence-corrected chi connectivity index (χ0v) is 52.4. The zero-order chi connectivity index (χ0) is 69.5. The average molecular weight is 1440 g/mol. The zero-order valence-electron chi connectivity index (χ0n) is 50.8. The number of ketones is 1. The maximum atomic E-state index is 12.9. The topological polar surface area (TPSA) is 618 Å². The summed E-state index contributed by atoms with van der Waals surface area (Å²) >= 11 is 3.04. The Morgan fingerprint density at radius 2 is 0.638 bits per heavy atom. The molecule has 0 radical (unpaired) electrons. The summed E-state index contributed by atoms with van der Waals surface area (Å²) in [5.74, 6) is -3.65. The van der Waals surface area contributed by atoms with Gasteiger partial charge in [0.05, 0.1) is 63.7 Å². The van der Waals surface area contributed by atoms with Crippen LogP contribution in [0.2, 0.25) is 0 Å². The van der Waals surface area contributed by atoms with Crippen molar-refractivity contribution in [3.8, 4) is 0 Å². The van der Waals surface area contributed by atoms with Crippen molar-refractivity contribution in [1.29, 1.82) is 0 Å². The van der Waals surface area contributed by atoms with E-state index in [2.05, 4.69) is 37.2 Å². The molecule has 41 heteroatoms. The highest BCUT2D eigenvalue weighted by molar-refractivity contribution is 9.09. The molecule has 7 heterocycles. The van der Waals surface area contributed by atoms with Crippen molar-refractivity contribution in [3.05, 3.63) is 0 Å². The normalized spacial score (nSPS) is 46.1. The number of carbonyl (C=O) groups is 5. The van der Waals surface area contributed by atoms with Crippen LogP contribution < -0.4 is 21.3 Å². The van der Waals surface area contributed by atoms with Crippen LogP contribution in [0.1, 0.15) is 34.1 Å². The molecule has 22 N–H and O–H groups in total. The third kappa shape index (κ3) is 17.9. The van der Waals surface area contributed by atoms with Crippen molar-refractivity contribution < 1.29 is 177 Å². The second-order valence-electron chi connectivity index (χ2n) is 23.6. The first-order valence-electron chi connectivity index (χ1n) is 29.9. The lowest BCUT2D eigenvalue weighted by molar-refractivity contribution is -0.395. The van der Waals surface area contributed by atoms with E-state index in [0.29, 0.717) is 0 Å². The summed E-state index contributed by atoms with van der Waals surface area (Å²) < 4.78 is 77.7. The van der Waals surface area contributed by atoms with E-state index in [1.54, 1.807) is 0 Å². The molecule has 7 fully saturated rings. The first-order chi connectivity index (χ1) is 44.5. The smallest absolute Gasteiger partial charge is 0.217 e. The SMILES string of the molecule is CC(=O)NC1C(O)[C@H](O)[C@H](CO)O[C@H]1OC1[C@@H](OCC2O[C@@H](O[C@@H]3C(CO)O[C@@H](O[C@@H]4C(CO)O[C@@H](CC(=O)CBr)C(NC(C)=O)[C@H]4O)C(NC(C)=O)[C@H]3O)C(O)[C@@H](O[C@H]3OC(CO)[C@@H](O)C(O)C3O[C@@H]3OC(CO)[C@@H](O)[C@H](O)C3NC(C)=O)[C@@H]2O)OC(CO)[C@@H](O)[C@@H]1O. The lowest BCUT2D eigenvalue weighted by Crippen LogP contribution is -2.70. The number of hydrogen-bond acceptors (Lipinski definition) is 36. The van der Waals surface area contributed by atoms with Crippen molar-refractivity contribution >= 4 is 45.3 Å². The highest BCUT2D eigenvalue weighted by atomic mass is 79.9. The fourth-order valence-corrected chi connectivity index (χ4v) is 12.3. The molecule has 7 aliphatic rings. The minimum absolute atomic E-state index is 0.152. The maximum Gasteiger partial charge on any atom is 0.217 e. The Hall–Kier alpha value is -3.21. The molecule has 7 rings (SSSR count). The molecule has 7 aliphatic heterocycles. The van der Waals surface area contributed by atoms with Gasteiger partial charge in [-0.3, -0.25) is 24.0 Å². The Morgan fingerprint density at radius 1 is 0.319 bits per heavy atom. The number of nitrogens with one attached hydrogen (secondary N) is 4. The van der Waals surface area contributed by atoms with Crippen LogP contribution in [0.25, 0.3) is 0 Å². The fourth-order valence-electron chi connectivity index (χ4n) is 12.0. The van der Waals surface area contributed by atoms with Gasteiger partial charge in [0.2, 0.25) is 23.6 Å². The maximum absolute atomic E-state index is 12.9. The van der Waals surface area contributed by atoms with Crippen LogP contribution in [-0.2, 0) is 85.6 Å². The molecule has 15 unspecified atom stereocenters. The molecule has 0 saturated carbocycles. The van der Waals surface area contributed by atoms with E-state index in [0.717, 1.165) is 27.7 Å². The first kappa shape index (κ1) is 78.1. The van der Waals surface area contributed by atoms with Gasteiger partial charge in [0.15, 0.2) is 37.7 Å². The number of Topliss-reactive ketones (excluding diaryl/α,β-unsaturated/α-hetero) is 1. The number of ether oxygens (including phenoxy) is 13. The van der Waals surface area contributed by atoms with Crippen LogP contribution in [0.5, 0.6) is 0 Å². The van der Waals surface area contributed by atoms with Crippen LogP contribution >= 0.6 is 15.9 Å². The van der Waals surface area contributed by atoms with E-state index >= 15 is 0 Å². The van der Waals surface area contributed by atoms with Crippen molar-refractivity contribution in [2.45, 2.75) is 249 Å². The van der Waals surface area contributed by atoms with Gasteiger partial charge >= 0.3 is 0 Å².